The van der Waals surface area contributed by atoms with Gasteiger partial charge < -0.3 is 10.1 Å². The van der Waals surface area contributed by atoms with Crippen molar-refractivity contribution in [2.45, 2.75) is 38.5 Å². The Kier molecular flexibility index (Phi) is 6.66. The van der Waals surface area contributed by atoms with Crippen molar-refractivity contribution >= 4 is 17.7 Å². The normalized spacial score (nSPS) is 10.9. The third-order valence-electron chi connectivity index (χ3n) is 2.00. The van der Waals surface area contributed by atoms with E-state index in [0.717, 1.165) is 6.54 Å². The quantitative estimate of drug-likeness (QED) is 0.539. The van der Waals surface area contributed by atoms with Crippen molar-refractivity contribution in [2.24, 2.45) is 0 Å². The number of hydrogen-bond acceptors (Lipinski definition) is 7. The number of rotatable bonds is 8. The van der Waals surface area contributed by atoms with Gasteiger partial charge in [-0.25, -0.2) is 4.68 Å². The molecule has 1 N–H and O–H groups in total. The minimum absolute atomic E-state index is 0.228. The van der Waals surface area contributed by atoms with Gasteiger partial charge in [0, 0.05) is 12.6 Å². The zero-order valence-electron chi connectivity index (χ0n) is 10.9. The zero-order chi connectivity index (χ0) is 13.4. The van der Waals surface area contributed by atoms with Crippen LogP contribution in [0.1, 0.15) is 20.8 Å². The molecule has 0 aromatic carbocycles. The summed E-state index contributed by atoms with van der Waals surface area (Å²) in [6.07, 6.45) is 0. The molecule has 0 atom stereocenters. The van der Waals surface area contributed by atoms with Crippen LogP contribution in [0.4, 0.5) is 0 Å². The van der Waals surface area contributed by atoms with Crippen LogP contribution in [0.25, 0.3) is 0 Å². The number of tetrazole rings is 1. The van der Waals surface area contributed by atoms with E-state index in [-0.39, 0.29) is 11.7 Å². The van der Waals surface area contributed by atoms with Gasteiger partial charge >= 0.3 is 5.97 Å². The summed E-state index contributed by atoms with van der Waals surface area (Å²) in [4.78, 5) is 11.2. The number of nitrogens with zero attached hydrogens (tertiary/aromatic N) is 4. The van der Waals surface area contributed by atoms with Crippen LogP contribution in [-0.4, -0.2) is 51.1 Å². The number of ether oxygens (including phenoxy) is 1. The van der Waals surface area contributed by atoms with Crippen LogP contribution in [-0.2, 0) is 16.1 Å². The minimum atomic E-state index is -0.252. The molecule has 0 radical (unpaired) electrons. The van der Waals surface area contributed by atoms with Crippen LogP contribution in [0, 0.1) is 0 Å². The fourth-order valence-electron chi connectivity index (χ4n) is 1.23. The predicted molar refractivity (Wildman–Crippen MR) is 68.3 cm³/mol. The van der Waals surface area contributed by atoms with E-state index in [1.165, 1.54) is 11.8 Å². The van der Waals surface area contributed by atoms with Gasteiger partial charge in [-0.05, 0) is 17.4 Å². The Bertz CT molecular complexity index is 369. The van der Waals surface area contributed by atoms with Gasteiger partial charge in [-0.1, -0.05) is 25.6 Å². The highest BCUT2D eigenvalue weighted by Gasteiger charge is 2.10. The van der Waals surface area contributed by atoms with Crippen LogP contribution >= 0.6 is 11.8 Å². The second kappa shape index (κ2) is 8.04. The standard InChI is InChI=1S/C10H19N5O2S/c1-4-17-9(16)7-18-10-12-13-14-15(10)6-5-11-8(2)3/h8,11H,4-7H2,1-3H3. The second-order valence-corrected chi connectivity index (χ2v) is 4.83. The van der Waals surface area contributed by atoms with Crippen molar-refractivity contribution in [1.29, 1.82) is 0 Å². The maximum absolute atomic E-state index is 11.2. The first kappa shape index (κ1) is 14.9. The number of hydrogen-bond donors (Lipinski definition) is 1. The van der Waals surface area contributed by atoms with Crippen LogP contribution < -0.4 is 5.32 Å². The van der Waals surface area contributed by atoms with Crippen LogP contribution in [0.2, 0.25) is 0 Å². The average molecular weight is 273 g/mol. The lowest BCUT2D eigenvalue weighted by atomic mass is 10.4. The van der Waals surface area contributed by atoms with Crippen molar-refractivity contribution < 1.29 is 9.53 Å². The fourth-order valence-corrected chi connectivity index (χ4v) is 1.93. The molecule has 0 aliphatic rings. The van der Waals surface area contributed by atoms with Gasteiger partial charge in [0.1, 0.15) is 0 Å². The molecule has 18 heavy (non-hydrogen) atoms. The maximum Gasteiger partial charge on any atom is 0.316 e. The first-order valence-corrected chi connectivity index (χ1v) is 6.90. The van der Waals surface area contributed by atoms with E-state index in [1.54, 1.807) is 11.6 Å². The number of aromatic nitrogens is 4. The lowest BCUT2D eigenvalue weighted by molar-refractivity contribution is -0.139. The van der Waals surface area contributed by atoms with Gasteiger partial charge in [0.2, 0.25) is 5.16 Å². The Labute approximate surface area is 111 Å². The molecule has 0 aliphatic carbocycles. The topological polar surface area (TPSA) is 81.9 Å². The van der Waals surface area contributed by atoms with Gasteiger partial charge in [-0.2, -0.15) is 0 Å². The predicted octanol–water partition coefficient (Wildman–Crippen LogP) is 0.326. The summed E-state index contributed by atoms with van der Waals surface area (Å²) in [5.74, 6) is -0.0245. The third kappa shape index (κ3) is 5.46. The van der Waals surface area contributed by atoms with Crippen LogP contribution in [0.15, 0.2) is 5.16 Å². The fraction of sp³-hybridized carbons (Fsp3) is 0.800. The van der Waals surface area contributed by atoms with Crippen molar-refractivity contribution in [3.63, 3.8) is 0 Å². The summed E-state index contributed by atoms with van der Waals surface area (Å²) in [6, 6.07) is 0.428. The molecule has 0 unspecified atom stereocenters. The second-order valence-electron chi connectivity index (χ2n) is 3.89. The molecule has 1 aromatic rings. The summed E-state index contributed by atoms with van der Waals surface area (Å²) in [7, 11) is 0. The highest BCUT2D eigenvalue weighted by atomic mass is 32.2. The van der Waals surface area contributed by atoms with E-state index in [9.17, 15) is 4.79 Å². The highest BCUT2D eigenvalue weighted by Crippen LogP contribution is 2.13. The van der Waals surface area contributed by atoms with E-state index < -0.39 is 0 Å². The van der Waals surface area contributed by atoms with Gasteiger partial charge in [-0.15, -0.1) is 5.10 Å². The van der Waals surface area contributed by atoms with Crippen LogP contribution in [0.5, 0.6) is 0 Å². The van der Waals surface area contributed by atoms with Crippen molar-refractivity contribution in [2.75, 3.05) is 18.9 Å². The molecule has 0 aliphatic heterocycles. The Hall–Kier alpha value is -1.15. The van der Waals surface area contributed by atoms with Crippen molar-refractivity contribution in [3.05, 3.63) is 0 Å². The molecule has 1 rings (SSSR count). The molecular weight excluding hydrogens is 254 g/mol. The summed E-state index contributed by atoms with van der Waals surface area (Å²) in [5.41, 5.74) is 0. The molecule has 0 saturated carbocycles. The molecule has 0 fully saturated rings. The molecule has 0 bridgehead atoms. The molecule has 7 nitrogen and oxygen atoms in total. The first-order valence-electron chi connectivity index (χ1n) is 5.91. The van der Waals surface area contributed by atoms with Crippen molar-refractivity contribution in [1.82, 2.24) is 25.5 Å². The van der Waals surface area contributed by atoms with Gasteiger partial charge in [0.05, 0.1) is 18.9 Å². The minimum Gasteiger partial charge on any atom is -0.465 e. The third-order valence-corrected chi connectivity index (χ3v) is 2.93. The monoisotopic (exact) mass is 273 g/mol. The van der Waals surface area contributed by atoms with Gasteiger partial charge in [0.25, 0.3) is 0 Å². The Morgan fingerprint density at radius 2 is 2.33 bits per heavy atom. The molecule has 0 spiro atoms. The highest BCUT2D eigenvalue weighted by molar-refractivity contribution is 7.99. The molecule has 102 valence electrons. The van der Waals surface area contributed by atoms with Gasteiger partial charge in [-0.3, -0.25) is 4.79 Å². The smallest absolute Gasteiger partial charge is 0.316 e. The Balaban J connectivity index is 2.37. The number of esters is 1. The lowest BCUT2D eigenvalue weighted by Crippen LogP contribution is -2.27. The summed E-state index contributed by atoms with van der Waals surface area (Å²) < 4.78 is 6.52. The Morgan fingerprint density at radius 3 is 3.00 bits per heavy atom. The number of thioether (sulfide) groups is 1. The SMILES string of the molecule is CCOC(=O)CSc1nnnn1CCNC(C)C. The van der Waals surface area contributed by atoms with E-state index in [1.807, 2.05) is 0 Å². The molecule has 0 amide bonds. The van der Waals surface area contributed by atoms with Crippen molar-refractivity contribution in [3.8, 4) is 0 Å². The number of nitrogens with one attached hydrogen (secondary N) is 1. The van der Waals surface area contributed by atoms with E-state index >= 15 is 0 Å². The van der Waals surface area contributed by atoms with Gasteiger partial charge in [0.15, 0.2) is 0 Å². The lowest BCUT2D eigenvalue weighted by Gasteiger charge is -2.08. The summed E-state index contributed by atoms with van der Waals surface area (Å²) in [5, 5.41) is 15.3. The molecular formula is C10H19N5O2S. The average Bonchev–Trinajstić information content (AvgIpc) is 2.74. The molecule has 1 aromatic heterocycles. The Morgan fingerprint density at radius 1 is 1.56 bits per heavy atom. The number of carbonyl (C=O) groups excluding carboxylic acids is 1. The largest absolute Gasteiger partial charge is 0.465 e. The van der Waals surface area contributed by atoms with Crippen LogP contribution in [0.3, 0.4) is 0 Å². The van der Waals surface area contributed by atoms with E-state index in [2.05, 4.69) is 34.7 Å². The molecule has 8 heteroatoms. The number of carbonyl (C=O) groups is 1. The summed E-state index contributed by atoms with van der Waals surface area (Å²) in [6.45, 7) is 7.80. The zero-order valence-corrected chi connectivity index (χ0v) is 11.7. The molecule has 1 heterocycles. The van der Waals surface area contributed by atoms with E-state index in [4.69, 9.17) is 4.74 Å². The maximum atomic E-state index is 11.2. The van der Waals surface area contributed by atoms with E-state index in [0.29, 0.717) is 24.3 Å². The summed E-state index contributed by atoms with van der Waals surface area (Å²) >= 11 is 1.29. The molecule has 0 saturated heterocycles. The first-order chi connectivity index (χ1) is 8.63.